The Morgan fingerprint density at radius 3 is 1.80 bits per heavy atom. The van der Waals surface area contributed by atoms with Gasteiger partial charge >= 0.3 is 0 Å². The summed E-state index contributed by atoms with van der Waals surface area (Å²) in [6, 6.07) is 34.4. The van der Waals surface area contributed by atoms with Gasteiger partial charge in [-0.2, -0.15) is 0 Å². The predicted octanol–water partition coefficient (Wildman–Crippen LogP) is 6.05. The number of thiocarbonyl (C=S) groups is 1. The molecule has 0 atom stereocenters. The lowest BCUT2D eigenvalue weighted by atomic mass is 10.0. The summed E-state index contributed by atoms with van der Waals surface area (Å²) in [6.45, 7) is 0. The Hall–Kier alpha value is -4.29. The summed E-state index contributed by atoms with van der Waals surface area (Å²) in [5.41, 5.74) is 5.17. The highest BCUT2D eigenvalue weighted by atomic mass is 32.1. The van der Waals surface area contributed by atoms with E-state index in [1.165, 1.54) is 0 Å². The van der Waals surface area contributed by atoms with Crippen LogP contribution in [0.4, 0.5) is 11.4 Å². The lowest BCUT2D eigenvalue weighted by Crippen LogP contribution is -2.34. The van der Waals surface area contributed by atoms with Crippen molar-refractivity contribution < 1.29 is 9.59 Å². The van der Waals surface area contributed by atoms with Gasteiger partial charge in [0.25, 0.3) is 5.91 Å². The van der Waals surface area contributed by atoms with E-state index in [1.54, 1.807) is 36.4 Å². The summed E-state index contributed by atoms with van der Waals surface area (Å²) in [4.78, 5) is 24.8. The predicted molar refractivity (Wildman–Crippen MR) is 145 cm³/mol. The van der Waals surface area contributed by atoms with Gasteiger partial charge in [-0.15, -0.1) is 0 Å². The Balaban J connectivity index is 1.25. The molecule has 35 heavy (non-hydrogen) atoms. The van der Waals surface area contributed by atoms with E-state index in [2.05, 4.69) is 16.0 Å². The minimum atomic E-state index is -0.288. The first-order valence-electron chi connectivity index (χ1n) is 11.3. The average Bonchev–Trinajstić information content (AvgIpc) is 2.90. The van der Waals surface area contributed by atoms with Crippen LogP contribution in [0.15, 0.2) is 109 Å². The van der Waals surface area contributed by atoms with Crippen LogP contribution in [0.25, 0.3) is 11.1 Å². The SMILES string of the molecule is O=C(CCc1ccccc1)Nc1ccc(NC(=S)NC(=O)c2ccc(-c3ccccc3)cc2)cc1. The lowest BCUT2D eigenvalue weighted by molar-refractivity contribution is -0.116. The third-order valence-electron chi connectivity index (χ3n) is 5.39. The lowest BCUT2D eigenvalue weighted by Gasteiger charge is -2.11. The van der Waals surface area contributed by atoms with Crippen molar-refractivity contribution in [2.45, 2.75) is 12.8 Å². The number of anilines is 2. The second-order valence-electron chi connectivity index (χ2n) is 7.96. The zero-order valence-electron chi connectivity index (χ0n) is 19.0. The molecule has 5 nitrogen and oxygen atoms in total. The van der Waals surface area contributed by atoms with Crippen LogP contribution in [0.3, 0.4) is 0 Å². The summed E-state index contributed by atoms with van der Waals surface area (Å²) < 4.78 is 0. The van der Waals surface area contributed by atoms with E-state index in [-0.39, 0.29) is 16.9 Å². The van der Waals surface area contributed by atoms with Gasteiger partial charge in [-0.1, -0.05) is 72.8 Å². The van der Waals surface area contributed by atoms with Crippen LogP contribution in [0.5, 0.6) is 0 Å². The molecule has 3 N–H and O–H groups in total. The van der Waals surface area contributed by atoms with Gasteiger partial charge in [0.15, 0.2) is 5.11 Å². The molecule has 2 amide bonds. The van der Waals surface area contributed by atoms with Gasteiger partial charge < -0.3 is 10.6 Å². The van der Waals surface area contributed by atoms with Crippen molar-refractivity contribution in [1.29, 1.82) is 0 Å². The van der Waals surface area contributed by atoms with Crippen molar-refractivity contribution in [3.8, 4) is 11.1 Å². The van der Waals surface area contributed by atoms with Crippen LogP contribution in [0.1, 0.15) is 22.3 Å². The zero-order valence-corrected chi connectivity index (χ0v) is 19.8. The highest BCUT2D eigenvalue weighted by Gasteiger charge is 2.09. The number of hydrogen-bond acceptors (Lipinski definition) is 3. The molecule has 0 radical (unpaired) electrons. The van der Waals surface area contributed by atoms with Crippen molar-refractivity contribution in [3.63, 3.8) is 0 Å². The molecule has 0 heterocycles. The third-order valence-corrected chi connectivity index (χ3v) is 5.60. The first kappa shape index (κ1) is 23.9. The first-order chi connectivity index (χ1) is 17.1. The molecular weight excluding hydrogens is 454 g/mol. The van der Waals surface area contributed by atoms with Crippen molar-refractivity contribution in [2.75, 3.05) is 10.6 Å². The minimum Gasteiger partial charge on any atom is -0.332 e. The number of carbonyl (C=O) groups excluding carboxylic acids is 2. The van der Waals surface area contributed by atoms with Gasteiger partial charge in [0, 0.05) is 23.4 Å². The molecule has 0 aliphatic carbocycles. The summed E-state index contributed by atoms with van der Waals surface area (Å²) in [7, 11) is 0. The number of aryl methyl sites for hydroxylation is 1. The molecule has 0 spiro atoms. The Morgan fingerprint density at radius 2 is 1.17 bits per heavy atom. The van der Waals surface area contributed by atoms with Crippen LogP contribution >= 0.6 is 12.2 Å². The van der Waals surface area contributed by atoms with Crippen LogP contribution in [0, 0.1) is 0 Å². The molecule has 0 bridgehead atoms. The van der Waals surface area contributed by atoms with Crippen LogP contribution in [-0.4, -0.2) is 16.9 Å². The van der Waals surface area contributed by atoms with E-state index in [9.17, 15) is 9.59 Å². The second-order valence-corrected chi connectivity index (χ2v) is 8.37. The molecule has 4 rings (SSSR count). The van der Waals surface area contributed by atoms with Crippen molar-refractivity contribution in [1.82, 2.24) is 5.32 Å². The largest absolute Gasteiger partial charge is 0.332 e. The van der Waals surface area contributed by atoms with E-state index in [0.717, 1.165) is 16.7 Å². The number of rotatable bonds is 7. The molecule has 0 unspecified atom stereocenters. The maximum absolute atomic E-state index is 12.5. The first-order valence-corrected chi connectivity index (χ1v) is 11.7. The van der Waals surface area contributed by atoms with Gasteiger partial charge in [-0.05, 0) is 71.7 Å². The summed E-state index contributed by atoms with van der Waals surface area (Å²) in [5, 5.41) is 8.78. The fourth-order valence-electron chi connectivity index (χ4n) is 3.55. The summed E-state index contributed by atoms with van der Waals surface area (Å²) >= 11 is 5.29. The fraction of sp³-hybridized carbons (Fsp3) is 0.0690. The van der Waals surface area contributed by atoms with Gasteiger partial charge in [0.2, 0.25) is 5.91 Å². The zero-order chi connectivity index (χ0) is 24.5. The number of benzene rings is 4. The van der Waals surface area contributed by atoms with E-state index in [1.807, 2.05) is 72.8 Å². The molecule has 0 saturated heterocycles. The Kier molecular flexibility index (Phi) is 7.99. The molecule has 4 aromatic rings. The van der Waals surface area contributed by atoms with E-state index < -0.39 is 0 Å². The minimum absolute atomic E-state index is 0.0457. The molecule has 0 aromatic heterocycles. The monoisotopic (exact) mass is 479 g/mol. The van der Waals surface area contributed by atoms with E-state index in [4.69, 9.17) is 12.2 Å². The highest BCUT2D eigenvalue weighted by Crippen LogP contribution is 2.19. The molecule has 0 aliphatic rings. The number of nitrogens with one attached hydrogen (secondary N) is 3. The van der Waals surface area contributed by atoms with Crippen LogP contribution < -0.4 is 16.0 Å². The van der Waals surface area contributed by atoms with Gasteiger partial charge in [0.1, 0.15) is 0 Å². The van der Waals surface area contributed by atoms with Gasteiger partial charge in [0.05, 0.1) is 0 Å². The summed E-state index contributed by atoms with van der Waals surface area (Å²) in [5.74, 6) is -0.333. The van der Waals surface area contributed by atoms with E-state index >= 15 is 0 Å². The Bertz CT molecular complexity index is 1290. The molecule has 0 fully saturated rings. The topological polar surface area (TPSA) is 70.2 Å². The highest BCUT2D eigenvalue weighted by molar-refractivity contribution is 7.80. The number of carbonyl (C=O) groups is 2. The van der Waals surface area contributed by atoms with Crippen molar-refractivity contribution in [2.24, 2.45) is 0 Å². The van der Waals surface area contributed by atoms with E-state index in [0.29, 0.717) is 29.8 Å². The Labute approximate surface area is 210 Å². The standard InChI is InChI=1S/C29H25N3O2S/c33-27(20-11-21-7-3-1-4-8-21)30-25-16-18-26(19-17-25)31-29(35)32-28(34)24-14-12-23(13-15-24)22-9-5-2-6-10-22/h1-10,12-19H,11,20H2,(H,30,33)(H2,31,32,34,35). The maximum Gasteiger partial charge on any atom is 0.257 e. The average molecular weight is 480 g/mol. The quantitative estimate of drug-likeness (QED) is 0.282. The van der Waals surface area contributed by atoms with Crippen molar-refractivity contribution >= 4 is 40.5 Å². The second kappa shape index (κ2) is 11.7. The molecule has 4 aromatic carbocycles. The molecule has 174 valence electrons. The molecule has 0 saturated carbocycles. The normalized spacial score (nSPS) is 10.3. The fourth-order valence-corrected chi connectivity index (χ4v) is 3.76. The Morgan fingerprint density at radius 1 is 0.629 bits per heavy atom. The molecular formula is C29H25N3O2S. The third kappa shape index (κ3) is 7.09. The maximum atomic E-state index is 12.5. The van der Waals surface area contributed by atoms with Gasteiger partial charge in [-0.25, -0.2) is 0 Å². The summed E-state index contributed by atoms with van der Waals surface area (Å²) in [6.07, 6.45) is 1.10. The number of amides is 2. The molecule has 6 heteroatoms. The van der Waals surface area contributed by atoms with Crippen LogP contribution in [-0.2, 0) is 11.2 Å². The number of hydrogen-bond donors (Lipinski definition) is 3. The van der Waals surface area contributed by atoms with Crippen LogP contribution in [0.2, 0.25) is 0 Å². The smallest absolute Gasteiger partial charge is 0.257 e. The molecule has 0 aliphatic heterocycles. The van der Waals surface area contributed by atoms with Gasteiger partial charge in [-0.3, -0.25) is 14.9 Å². The van der Waals surface area contributed by atoms with Crippen molar-refractivity contribution in [3.05, 3.63) is 120 Å².